The van der Waals surface area contributed by atoms with Crippen molar-refractivity contribution in [1.82, 2.24) is 10.9 Å². The highest BCUT2D eigenvalue weighted by molar-refractivity contribution is 5.43. The highest BCUT2D eigenvalue weighted by Crippen LogP contribution is 2.40. The van der Waals surface area contributed by atoms with Crippen molar-refractivity contribution in [3.63, 3.8) is 0 Å². The molecule has 0 unspecified atom stereocenters. The third kappa shape index (κ3) is 0.586. The van der Waals surface area contributed by atoms with Crippen LogP contribution < -0.4 is 10.9 Å². The van der Waals surface area contributed by atoms with Gasteiger partial charge in [-0.1, -0.05) is 24.3 Å². The molecule has 2 atom stereocenters. The predicted molar refractivity (Wildman–Crippen MR) is 47.6 cm³/mol. The van der Waals surface area contributed by atoms with Crippen molar-refractivity contribution in [2.24, 2.45) is 0 Å². The highest BCUT2D eigenvalue weighted by atomic mass is 15.5. The summed E-state index contributed by atoms with van der Waals surface area (Å²) >= 11 is 0. The molecule has 1 aromatic carbocycles. The number of hydrazine groups is 1. The summed E-state index contributed by atoms with van der Waals surface area (Å²) in [5.41, 5.74) is 9.69. The first-order chi connectivity index (χ1) is 5.81. The van der Waals surface area contributed by atoms with Crippen LogP contribution in [0.5, 0.6) is 0 Å². The second kappa shape index (κ2) is 1.90. The Morgan fingerprint density at radius 2 is 2.25 bits per heavy atom. The van der Waals surface area contributed by atoms with Crippen LogP contribution in [0.15, 0.2) is 24.3 Å². The monoisotopic (exact) mass is 160 g/mol. The Bertz CT molecular complexity index is 334. The highest BCUT2D eigenvalue weighted by Gasteiger charge is 2.49. The number of benzene rings is 1. The summed E-state index contributed by atoms with van der Waals surface area (Å²) in [6.07, 6.45) is 1.17. The zero-order chi connectivity index (χ0) is 8.18. The lowest BCUT2D eigenvalue weighted by molar-refractivity contribution is 0.113. The third-order valence-corrected chi connectivity index (χ3v) is 3.20. The molecule has 1 heterocycles. The zero-order valence-corrected chi connectivity index (χ0v) is 7.09. The number of rotatable bonds is 0. The second-order valence-electron chi connectivity index (χ2n) is 3.89. The molecular weight excluding hydrogens is 148 g/mol. The Kier molecular flexibility index (Phi) is 1.05. The molecule has 1 fully saturated rings. The van der Waals surface area contributed by atoms with Crippen LogP contribution in [0.2, 0.25) is 0 Å². The smallest absolute Gasteiger partial charge is 0.0716 e. The van der Waals surface area contributed by atoms with Crippen molar-refractivity contribution in [2.45, 2.75) is 24.9 Å². The van der Waals surface area contributed by atoms with E-state index in [1.54, 1.807) is 0 Å². The summed E-state index contributed by atoms with van der Waals surface area (Å²) in [7, 11) is 0. The molecule has 1 aromatic rings. The fraction of sp³-hybridized carbons (Fsp3) is 0.400. The van der Waals surface area contributed by atoms with E-state index in [0.717, 1.165) is 0 Å². The normalized spacial score (nSPS) is 36.9. The lowest BCUT2D eigenvalue weighted by atomic mass is 9.88. The van der Waals surface area contributed by atoms with Crippen molar-refractivity contribution in [2.75, 3.05) is 0 Å². The molecule has 1 saturated heterocycles. The van der Waals surface area contributed by atoms with Crippen LogP contribution in [0.1, 0.15) is 18.1 Å². The number of hydrogen-bond donors (Lipinski definition) is 2. The van der Waals surface area contributed by atoms with Gasteiger partial charge in [0.05, 0.1) is 5.54 Å². The lowest BCUT2D eigenvalue weighted by Gasteiger charge is -2.45. The molecule has 1 aliphatic carbocycles. The van der Waals surface area contributed by atoms with Crippen LogP contribution in [0.4, 0.5) is 0 Å². The summed E-state index contributed by atoms with van der Waals surface area (Å²) in [6.45, 7) is 2.26. The van der Waals surface area contributed by atoms with Crippen molar-refractivity contribution >= 4 is 0 Å². The van der Waals surface area contributed by atoms with Gasteiger partial charge in [0.1, 0.15) is 0 Å². The van der Waals surface area contributed by atoms with E-state index in [0.29, 0.717) is 6.04 Å². The molecule has 2 N–H and O–H groups in total. The molecule has 0 aromatic heterocycles. The maximum Gasteiger partial charge on any atom is 0.0716 e. The van der Waals surface area contributed by atoms with Crippen LogP contribution in [0.25, 0.3) is 0 Å². The van der Waals surface area contributed by atoms with Gasteiger partial charge in [0, 0.05) is 6.04 Å². The standard InChI is InChI=1S/C10H12N2/c1-10-8-5-3-2-4-7(8)6-9(10)11-12-10/h2-5,9,11-12H,6H2,1H3/t9-,10+/m0/s1. The first-order valence-electron chi connectivity index (χ1n) is 4.42. The first-order valence-corrected chi connectivity index (χ1v) is 4.42. The Hall–Kier alpha value is -0.860. The van der Waals surface area contributed by atoms with Crippen LogP contribution in [0, 0.1) is 0 Å². The Morgan fingerprint density at radius 3 is 3.00 bits per heavy atom. The number of fused-ring (bicyclic) bond motifs is 3. The molecule has 0 amide bonds. The van der Waals surface area contributed by atoms with Crippen LogP contribution in [-0.4, -0.2) is 6.04 Å². The van der Waals surface area contributed by atoms with Gasteiger partial charge in [0.15, 0.2) is 0 Å². The molecule has 0 saturated carbocycles. The molecule has 0 radical (unpaired) electrons. The molecule has 1 aliphatic heterocycles. The molecular formula is C10H12N2. The van der Waals surface area contributed by atoms with E-state index < -0.39 is 0 Å². The van der Waals surface area contributed by atoms with Crippen molar-refractivity contribution in [1.29, 1.82) is 0 Å². The van der Waals surface area contributed by atoms with Gasteiger partial charge >= 0.3 is 0 Å². The largest absolute Gasteiger partial charge is 0.251 e. The van der Waals surface area contributed by atoms with E-state index in [1.165, 1.54) is 17.5 Å². The van der Waals surface area contributed by atoms with E-state index >= 15 is 0 Å². The van der Waals surface area contributed by atoms with Crippen molar-refractivity contribution < 1.29 is 0 Å². The predicted octanol–water partition coefficient (Wildman–Crippen LogP) is 0.934. The molecule has 12 heavy (non-hydrogen) atoms. The minimum Gasteiger partial charge on any atom is -0.251 e. The van der Waals surface area contributed by atoms with Crippen molar-refractivity contribution in [3.05, 3.63) is 35.4 Å². The average molecular weight is 160 g/mol. The van der Waals surface area contributed by atoms with Gasteiger partial charge in [-0.3, -0.25) is 5.43 Å². The van der Waals surface area contributed by atoms with Gasteiger partial charge in [0.25, 0.3) is 0 Å². The summed E-state index contributed by atoms with van der Waals surface area (Å²) in [5, 5.41) is 0. The summed E-state index contributed by atoms with van der Waals surface area (Å²) in [6, 6.07) is 9.29. The Morgan fingerprint density at radius 1 is 1.42 bits per heavy atom. The molecule has 62 valence electrons. The van der Waals surface area contributed by atoms with E-state index in [1.807, 2.05) is 0 Å². The van der Waals surface area contributed by atoms with Crippen LogP contribution in [0.3, 0.4) is 0 Å². The maximum absolute atomic E-state index is 3.29. The van der Waals surface area contributed by atoms with Crippen molar-refractivity contribution in [3.8, 4) is 0 Å². The maximum atomic E-state index is 3.29. The van der Waals surface area contributed by atoms with E-state index in [9.17, 15) is 0 Å². The topological polar surface area (TPSA) is 24.1 Å². The quantitative estimate of drug-likeness (QED) is 0.590. The molecule has 2 heteroatoms. The summed E-state index contributed by atoms with van der Waals surface area (Å²) in [5.74, 6) is 0. The Labute approximate surface area is 71.9 Å². The second-order valence-corrected chi connectivity index (χ2v) is 3.89. The fourth-order valence-corrected chi connectivity index (χ4v) is 2.33. The van der Waals surface area contributed by atoms with E-state index in [4.69, 9.17) is 0 Å². The fourth-order valence-electron chi connectivity index (χ4n) is 2.33. The van der Waals surface area contributed by atoms with Gasteiger partial charge in [-0.25, -0.2) is 5.43 Å². The van der Waals surface area contributed by atoms with Gasteiger partial charge in [-0.05, 0) is 24.5 Å². The molecule has 2 nitrogen and oxygen atoms in total. The van der Waals surface area contributed by atoms with Gasteiger partial charge in [-0.15, -0.1) is 0 Å². The van der Waals surface area contributed by atoms with E-state index in [-0.39, 0.29) is 5.54 Å². The van der Waals surface area contributed by atoms with Gasteiger partial charge in [0.2, 0.25) is 0 Å². The molecule has 2 aliphatic rings. The van der Waals surface area contributed by atoms with E-state index in [2.05, 4.69) is 42.0 Å². The van der Waals surface area contributed by atoms with Crippen LogP contribution in [-0.2, 0) is 12.0 Å². The molecule has 3 rings (SSSR count). The van der Waals surface area contributed by atoms with Gasteiger partial charge < -0.3 is 0 Å². The number of hydrogen-bond acceptors (Lipinski definition) is 2. The SMILES string of the molecule is C[C@]12NN[C@H]1Cc1ccccc12. The minimum absolute atomic E-state index is 0.205. The Balaban J connectivity index is 2.19. The molecule has 0 bridgehead atoms. The summed E-state index contributed by atoms with van der Waals surface area (Å²) < 4.78 is 0. The minimum atomic E-state index is 0.205. The average Bonchev–Trinajstić information content (AvgIpc) is 2.28. The van der Waals surface area contributed by atoms with Gasteiger partial charge in [-0.2, -0.15) is 0 Å². The zero-order valence-electron chi connectivity index (χ0n) is 7.09. The first kappa shape index (κ1) is 6.63. The number of nitrogens with one attached hydrogen (secondary N) is 2. The molecule has 0 spiro atoms. The summed E-state index contributed by atoms with van der Waals surface area (Å²) in [4.78, 5) is 0. The third-order valence-electron chi connectivity index (χ3n) is 3.20. The lowest BCUT2D eigenvalue weighted by Crippen LogP contribution is -2.71. The van der Waals surface area contributed by atoms with Crippen LogP contribution >= 0.6 is 0 Å².